The molecular formula is C12H14N2O5. The normalized spacial score (nSPS) is 22.0. The summed E-state index contributed by atoms with van der Waals surface area (Å²) in [7, 11) is 0. The lowest BCUT2D eigenvalue weighted by atomic mass is 10.2. The van der Waals surface area contributed by atoms with E-state index in [2.05, 4.69) is 16.8 Å². The minimum Gasteiger partial charge on any atom is -0.394 e. The first kappa shape index (κ1) is 13.5. The van der Waals surface area contributed by atoms with E-state index in [-0.39, 0.29) is 24.9 Å². The van der Waals surface area contributed by atoms with E-state index >= 15 is 0 Å². The Balaban J connectivity index is 2.36. The highest BCUT2D eigenvalue weighted by Crippen LogP contribution is 2.26. The molecule has 1 aliphatic heterocycles. The van der Waals surface area contributed by atoms with Crippen LogP contribution >= 0.6 is 0 Å². The average molecular weight is 266 g/mol. The van der Waals surface area contributed by atoms with Crippen molar-refractivity contribution in [3.8, 4) is 11.8 Å². The van der Waals surface area contributed by atoms with Crippen LogP contribution in [0.2, 0.25) is 0 Å². The van der Waals surface area contributed by atoms with Crippen molar-refractivity contribution in [2.45, 2.75) is 25.2 Å². The van der Waals surface area contributed by atoms with Crippen LogP contribution in [0.3, 0.4) is 0 Å². The zero-order valence-electron chi connectivity index (χ0n) is 10.1. The molecule has 3 N–H and O–H groups in total. The zero-order valence-corrected chi connectivity index (χ0v) is 10.1. The summed E-state index contributed by atoms with van der Waals surface area (Å²) >= 11 is 0. The largest absolute Gasteiger partial charge is 0.394 e. The second kappa shape index (κ2) is 5.84. The number of rotatable bonds is 2. The van der Waals surface area contributed by atoms with Crippen LogP contribution < -0.4 is 11.2 Å². The molecule has 7 nitrogen and oxygen atoms in total. The van der Waals surface area contributed by atoms with Gasteiger partial charge in [-0.05, 0) is 12.8 Å². The fourth-order valence-corrected chi connectivity index (χ4v) is 1.95. The molecular weight excluding hydrogens is 252 g/mol. The van der Waals surface area contributed by atoms with Crippen molar-refractivity contribution >= 4 is 0 Å². The maximum Gasteiger partial charge on any atom is 0.330 e. The lowest BCUT2D eigenvalue weighted by Gasteiger charge is -2.14. The van der Waals surface area contributed by atoms with E-state index in [1.807, 2.05) is 0 Å². The van der Waals surface area contributed by atoms with Gasteiger partial charge in [0.05, 0.1) is 12.7 Å². The highest BCUT2D eigenvalue weighted by molar-refractivity contribution is 5.29. The number of nitrogens with zero attached hydrogens (tertiary/aromatic N) is 1. The number of nitrogens with one attached hydrogen (secondary N) is 1. The highest BCUT2D eigenvalue weighted by Gasteiger charge is 2.26. The highest BCUT2D eigenvalue weighted by atomic mass is 16.5. The summed E-state index contributed by atoms with van der Waals surface area (Å²) in [6.45, 7) is -0.475. The van der Waals surface area contributed by atoms with Gasteiger partial charge < -0.3 is 14.9 Å². The van der Waals surface area contributed by atoms with Gasteiger partial charge in [-0.2, -0.15) is 0 Å². The Morgan fingerprint density at radius 2 is 2.21 bits per heavy atom. The van der Waals surface area contributed by atoms with Crippen molar-refractivity contribution in [3.05, 3.63) is 32.6 Å². The van der Waals surface area contributed by atoms with Crippen LogP contribution in [0.15, 0.2) is 15.8 Å². The van der Waals surface area contributed by atoms with Crippen molar-refractivity contribution in [1.82, 2.24) is 9.55 Å². The van der Waals surface area contributed by atoms with E-state index in [1.165, 1.54) is 10.8 Å². The van der Waals surface area contributed by atoms with Crippen molar-refractivity contribution in [2.75, 3.05) is 13.2 Å². The number of aliphatic hydroxyl groups is 2. The van der Waals surface area contributed by atoms with Gasteiger partial charge >= 0.3 is 5.69 Å². The van der Waals surface area contributed by atoms with Gasteiger partial charge in [0.2, 0.25) is 0 Å². The number of hydrogen-bond donors (Lipinski definition) is 3. The topological polar surface area (TPSA) is 105 Å². The van der Waals surface area contributed by atoms with Gasteiger partial charge in [-0.15, -0.1) is 0 Å². The molecule has 0 aliphatic carbocycles. The number of H-pyrrole nitrogens is 1. The quantitative estimate of drug-likeness (QED) is 0.568. The molecule has 0 spiro atoms. The summed E-state index contributed by atoms with van der Waals surface area (Å²) in [5.74, 6) is 4.82. The summed E-state index contributed by atoms with van der Waals surface area (Å²) in [5.41, 5.74) is -1.09. The molecule has 0 amide bonds. The van der Waals surface area contributed by atoms with Crippen molar-refractivity contribution in [2.24, 2.45) is 0 Å². The first-order valence-corrected chi connectivity index (χ1v) is 5.87. The van der Waals surface area contributed by atoms with Crippen LogP contribution in [-0.4, -0.2) is 39.1 Å². The third-order valence-corrected chi connectivity index (χ3v) is 2.87. The molecule has 0 radical (unpaired) electrons. The van der Waals surface area contributed by atoms with E-state index in [0.29, 0.717) is 12.8 Å². The Hall–Kier alpha value is -1.88. The third kappa shape index (κ3) is 2.93. The Kier molecular flexibility index (Phi) is 4.16. The van der Waals surface area contributed by atoms with E-state index in [4.69, 9.17) is 14.9 Å². The molecule has 1 aromatic rings. The first-order chi connectivity index (χ1) is 9.15. The smallest absolute Gasteiger partial charge is 0.330 e. The van der Waals surface area contributed by atoms with Crippen LogP contribution in [0.4, 0.5) is 0 Å². The molecule has 19 heavy (non-hydrogen) atoms. The minimum atomic E-state index is -0.598. The summed E-state index contributed by atoms with van der Waals surface area (Å²) in [4.78, 5) is 25.4. The molecule has 0 aromatic carbocycles. The monoisotopic (exact) mass is 266 g/mol. The predicted molar refractivity (Wildman–Crippen MR) is 65.5 cm³/mol. The summed E-state index contributed by atoms with van der Waals surface area (Å²) in [6, 6.07) is 0. The Labute approximate surface area is 108 Å². The molecule has 1 aliphatic rings. The van der Waals surface area contributed by atoms with E-state index in [0.717, 1.165) is 0 Å². The minimum absolute atomic E-state index is 0.0877. The number of hydrogen-bond acceptors (Lipinski definition) is 5. The lowest BCUT2D eigenvalue weighted by Crippen LogP contribution is -2.33. The Morgan fingerprint density at radius 3 is 2.84 bits per heavy atom. The van der Waals surface area contributed by atoms with Gasteiger partial charge in [0.15, 0.2) is 0 Å². The molecule has 1 aromatic heterocycles. The fraction of sp³-hybridized carbons (Fsp3) is 0.500. The Bertz CT molecular complexity index is 621. The first-order valence-electron chi connectivity index (χ1n) is 5.87. The van der Waals surface area contributed by atoms with Gasteiger partial charge in [0, 0.05) is 6.20 Å². The van der Waals surface area contributed by atoms with Crippen LogP contribution in [0, 0.1) is 11.8 Å². The molecule has 102 valence electrons. The Morgan fingerprint density at radius 1 is 1.42 bits per heavy atom. The predicted octanol–water partition coefficient (Wildman–Crippen LogP) is -1.45. The van der Waals surface area contributed by atoms with Crippen LogP contribution in [0.25, 0.3) is 0 Å². The maximum absolute atomic E-state index is 11.7. The average Bonchev–Trinajstić information content (AvgIpc) is 2.86. The standard InChI is InChI=1S/C12H14N2O5/c15-5-1-2-8-6-14(12(18)13-11(8)17)10-4-3-9(7-16)19-10/h6,9-10,15-16H,3-5,7H2,(H,13,17,18). The summed E-state index contributed by atoms with van der Waals surface area (Å²) in [5, 5.41) is 17.6. The van der Waals surface area contributed by atoms with Crippen molar-refractivity contribution < 1.29 is 14.9 Å². The van der Waals surface area contributed by atoms with E-state index in [1.54, 1.807) is 0 Å². The molecule has 1 saturated heterocycles. The molecule has 2 rings (SSSR count). The van der Waals surface area contributed by atoms with Crippen molar-refractivity contribution in [3.63, 3.8) is 0 Å². The maximum atomic E-state index is 11.7. The molecule has 0 bridgehead atoms. The molecule has 1 fully saturated rings. The molecule has 7 heteroatoms. The van der Waals surface area contributed by atoms with E-state index in [9.17, 15) is 9.59 Å². The zero-order chi connectivity index (χ0) is 13.8. The lowest BCUT2D eigenvalue weighted by molar-refractivity contribution is -0.0246. The van der Waals surface area contributed by atoms with Gasteiger partial charge in [0.1, 0.15) is 18.4 Å². The van der Waals surface area contributed by atoms with E-state index < -0.39 is 17.5 Å². The van der Waals surface area contributed by atoms with Crippen LogP contribution in [-0.2, 0) is 4.74 Å². The second-order valence-electron chi connectivity index (χ2n) is 4.14. The van der Waals surface area contributed by atoms with Gasteiger partial charge in [-0.1, -0.05) is 11.8 Å². The second-order valence-corrected chi connectivity index (χ2v) is 4.14. The van der Waals surface area contributed by atoms with Crippen LogP contribution in [0.1, 0.15) is 24.6 Å². The molecule has 2 unspecified atom stereocenters. The number of aromatic nitrogens is 2. The van der Waals surface area contributed by atoms with Gasteiger partial charge in [-0.25, -0.2) is 4.79 Å². The van der Waals surface area contributed by atoms with Gasteiger partial charge in [0.25, 0.3) is 5.56 Å². The molecule has 2 atom stereocenters. The fourth-order valence-electron chi connectivity index (χ4n) is 1.95. The summed E-state index contributed by atoms with van der Waals surface area (Å²) < 4.78 is 6.72. The number of aliphatic hydroxyl groups excluding tert-OH is 2. The molecule has 2 heterocycles. The van der Waals surface area contributed by atoms with Crippen molar-refractivity contribution in [1.29, 1.82) is 0 Å². The summed E-state index contributed by atoms with van der Waals surface area (Å²) in [6.07, 6.45) is 1.72. The molecule has 0 saturated carbocycles. The number of ether oxygens (including phenoxy) is 1. The number of aromatic amines is 1. The SMILES string of the molecule is O=c1[nH]c(=O)n(C2CCC(CO)O2)cc1C#CCO. The van der Waals surface area contributed by atoms with Gasteiger partial charge in [-0.3, -0.25) is 14.3 Å². The third-order valence-electron chi connectivity index (χ3n) is 2.87. The van der Waals surface area contributed by atoms with Crippen LogP contribution in [0.5, 0.6) is 0 Å².